The monoisotopic (exact) mass is 280 g/mol. The minimum absolute atomic E-state index is 0.0497. The predicted molar refractivity (Wildman–Crippen MR) is 78.2 cm³/mol. The van der Waals surface area contributed by atoms with Gasteiger partial charge in [0.25, 0.3) is 0 Å². The average Bonchev–Trinajstić information content (AvgIpc) is 2.25. The van der Waals surface area contributed by atoms with E-state index >= 15 is 0 Å². The SMILES string of the molecule is CC(=O)O[C@]1(C)CC[C@H]2C(C)(C)CCC[C@]2(C)[C@H]1C=O. The second-order valence-corrected chi connectivity index (χ2v) is 7.96. The van der Waals surface area contributed by atoms with Crippen molar-refractivity contribution in [1.29, 1.82) is 0 Å². The van der Waals surface area contributed by atoms with Crippen LogP contribution in [0.25, 0.3) is 0 Å². The van der Waals surface area contributed by atoms with Gasteiger partial charge in [-0.25, -0.2) is 0 Å². The summed E-state index contributed by atoms with van der Waals surface area (Å²) in [5.74, 6) is 0.0521. The molecule has 3 nitrogen and oxygen atoms in total. The van der Waals surface area contributed by atoms with Gasteiger partial charge in [-0.15, -0.1) is 0 Å². The quantitative estimate of drug-likeness (QED) is 0.571. The zero-order valence-corrected chi connectivity index (χ0v) is 13.5. The highest BCUT2D eigenvalue weighted by atomic mass is 16.6. The molecule has 4 atom stereocenters. The van der Waals surface area contributed by atoms with Gasteiger partial charge >= 0.3 is 5.97 Å². The van der Waals surface area contributed by atoms with Gasteiger partial charge in [-0.3, -0.25) is 4.79 Å². The Labute approximate surface area is 122 Å². The summed E-state index contributed by atoms with van der Waals surface area (Å²) in [5, 5.41) is 0. The smallest absolute Gasteiger partial charge is 0.303 e. The van der Waals surface area contributed by atoms with Crippen molar-refractivity contribution in [1.82, 2.24) is 0 Å². The summed E-state index contributed by atoms with van der Waals surface area (Å²) in [6.07, 6.45) is 6.32. The minimum Gasteiger partial charge on any atom is -0.459 e. The highest BCUT2D eigenvalue weighted by Crippen LogP contribution is 2.62. The third kappa shape index (κ3) is 2.29. The van der Waals surface area contributed by atoms with Gasteiger partial charge in [-0.05, 0) is 49.4 Å². The van der Waals surface area contributed by atoms with Crippen molar-refractivity contribution < 1.29 is 14.3 Å². The first kappa shape index (κ1) is 15.5. The van der Waals surface area contributed by atoms with Crippen LogP contribution >= 0.6 is 0 Å². The average molecular weight is 280 g/mol. The van der Waals surface area contributed by atoms with Gasteiger partial charge in [0.05, 0.1) is 5.92 Å². The van der Waals surface area contributed by atoms with Gasteiger partial charge in [0.2, 0.25) is 0 Å². The summed E-state index contributed by atoms with van der Waals surface area (Å²) in [6.45, 7) is 10.3. The molecule has 0 aliphatic heterocycles. The van der Waals surface area contributed by atoms with Crippen LogP contribution in [0.5, 0.6) is 0 Å². The minimum atomic E-state index is -0.633. The van der Waals surface area contributed by atoms with Crippen LogP contribution in [0.3, 0.4) is 0 Å². The molecule has 0 bridgehead atoms. The first-order valence-corrected chi connectivity index (χ1v) is 7.81. The maximum Gasteiger partial charge on any atom is 0.303 e. The number of aldehydes is 1. The Kier molecular flexibility index (Phi) is 3.77. The molecule has 2 aliphatic rings. The molecule has 0 radical (unpaired) electrons. The first-order valence-electron chi connectivity index (χ1n) is 7.81. The van der Waals surface area contributed by atoms with E-state index in [1.54, 1.807) is 0 Å². The number of fused-ring (bicyclic) bond motifs is 1. The molecule has 2 aliphatic carbocycles. The lowest BCUT2D eigenvalue weighted by molar-refractivity contribution is -0.194. The van der Waals surface area contributed by atoms with E-state index in [9.17, 15) is 9.59 Å². The van der Waals surface area contributed by atoms with Gasteiger partial charge in [-0.1, -0.05) is 27.2 Å². The van der Waals surface area contributed by atoms with E-state index in [0.717, 1.165) is 32.0 Å². The first-order chi connectivity index (χ1) is 9.16. The highest BCUT2D eigenvalue weighted by molar-refractivity contribution is 5.68. The standard InChI is InChI=1S/C17H28O3/c1-12(19)20-17(5)10-7-13-15(2,3)8-6-9-16(13,4)14(17)11-18/h11,13-14H,6-10H2,1-5H3/t13-,14+,16-,17+/m0/s1. The molecule has 0 aromatic heterocycles. The molecule has 2 fully saturated rings. The van der Waals surface area contributed by atoms with Crippen LogP contribution in [-0.2, 0) is 14.3 Å². The van der Waals surface area contributed by atoms with Crippen LogP contribution < -0.4 is 0 Å². The lowest BCUT2D eigenvalue weighted by Crippen LogP contribution is -2.59. The van der Waals surface area contributed by atoms with E-state index in [1.165, 1.54) is 13.3 Å². The van der Waals surface area contributed by atoms with Crippen LogP contribution in [0.2, 0.25) is 0 Å². The molecule has 0 unspecified atom stereocenters. The Hall–Kier alpha value is -0.860. The van der Waals surface area contributed by atoms with Crippen molar-refractivity contribution in [2.45, 2.75) is 72.3 Å². The molecule has 114 valence electrons. The molecule has 0 amide bonds. The maximum absolute atomic E-state index is 11.8. The summed E-state index contributed by atoms with van der Waals surface area (Å²) in [5.41, 5.74) is -0.413. The highest BCUT2D eigenvalue weighted by Gasteiger charge is 2.59. The van der Waals surface area contributed by atoms with E-state index in [-0.39, 0.29) is 22.7 Å². The summed E-state index contributed by atoms with van der Waals surface area (Å²) in [4.78, 5) is 23.3. The predicted octanol–water partition coefficient (Wildman–Crippen LogP) is 3.75. The van der Waals surface area contributed by atoms with Gasteiger partial charge in [-0.2, -0.15) is 0 Å². The van der Waals surface area contributed by atoms with Gasteiger partial charge in [0.15, 0.2) is 0 Å². The molecule has 0 aromatic carbocycles. The molecule has 2 saturated carbocycles. The number of esters is 1. The number of carbonyl (C=O) groups excluding carboxylic acids is 2. The number of carbonyl (C=O) groups is 2. The van der Waals surface area contributed by atoms with E-state index in [2.05, 4.69) is 20.8 Å². The van der Waals surface area contributed by atoms with E-state index in [4.69, 9.17) is 4.74 Å². The Morgan fingerprint density at radius 2 is 1.80 bits per heavy atom. The van der Waals surface area contributed by atoms with Crippen LogP contribution in [-0.4, -0.2) is 17.9 Å². The van der Waals surface area contributed by atoms with E-state index < -0.39 is 5.60 Å². The van der Waals surface area contributed by atoms with E-state index in [0.29, 0.717) is 5.92 Å². The second-order valence-electron chi connectivity index (χ2n) is 7.96. The fourth-order valence-corrected chi connectivity index (χ4v) is 5.28. The maximum atomic E-state index is 11.8. The van der Waals surface area contributed by atoms with Crippen LogP contribution in [0.15, 0.2) is 0 Å². The largest absolute Gasteiger partial charge is 0.459 e. The Morgan fingerprint density at radius 3 is 2.35 bits per heavy atom. The molecule has 0 spiro atoms. The fourth-order valence-electron chi connectivity index (χ4n) is 5.28. The van der Waals surface area contributed by atoms with Crippen molar-refractivity contribution in [3.05, 3.63) is 0 Å². The molecule has 20 heavy (non-hydrogen) atoms. The van der Waals surface area contributed by atoms with Crippen molar-refractivity contribution in [3.8, 4) is 0 Å². The third-order valence-electron chi connectivity index (χ3n) is 6.09. The number of hydrogen-bond acceptors (Lipinski definition) is 3. The zero-order valence-electron chi connectivity index (χ0n) is 13.5. The normalized spacial score (nSPS) is 43.5. The topological polar surface area (TPSA) is 43.4 Å². The van der Waals surface area contributed by atoms with E-state index in [1.807, 2.05) is 6.92 Å². The third-order valence-corrected chi connectivity index (χ3v) is 6.09. The number of rotatable bonds is 2. The number of ether oxygens (including phenoxy) is 1. The van der Waals surface area contributed by atoms with Crippen molar-refractivity contribution in [2.75, 3.05) is 0 Å². The molecule has 2 rings (SSSR count). The number of hydrogen-bond donors (Lipinski definition) is 0. The van der Waals surface area contributed by atoms with Crippen molar-refractivity contribution in [2.24, 2.45) is 22.7 Å². The van der Waals surface area contributed by atoms with Gasteiger partial charge < -0.3 is 9.53 Å². The molecule has 0 N–H and O–H groups in total. The van der Waals surface area contributed by atoms with Gasteiger partial charge in [0, 0.05) is 6.92 Å². The fraction of sp³-hybridized carbons (Fsp3) is 0.882. The molecule has 0 heterocycles. The second kappa shape index (κ2) is 4.85. The molecular formula is C17H28O3. The van der Waals surface area contributed by atoms with Gasteiger partial charge in [0.1, 0.15) is 11.9 Å². The lowest BCUT2D eigenvalue weighted by atomic mass is 9.46. The Balaban J connectivity index is 2.39. The zero-order chi connectivity index (χ0) is 15.2. The van der Waals surface area contributed by atoms with Crippen LogP contribution in [0, 0.1) is 22.7 Å². The molecule has 0 aromatic rings. The summed E-state index contributed by atoms with van der Waals surface area (Å²) in [6, 6.07) is 0. The Morgan fingerprint density at radius 1 is 1.15 bits per heavy atom. The van der Waals surface area contributed by atoms with Crippen molar-refractivity contribution >= 4 is 12.3 Å². The molecular weight excluding hydrogens is 252 g/mol. The summed E-state index contributed by atoms with van der Waals surface area (Å²) in [7, 11) is 0. The van der Waals surface area contributed by atoms with Crippen LogP contribution in [0.4, 0.5) is 0 Å². The summed E-state index contributed by atoms with van der Waals surface area (Å²) >= 11 is 0. The van der Waals surface area contributed by atoms with Crippen molar-refractivity contribution in [3.63, 3.8) is 0 Å². The Bertz CT molecular complexity index is 414. The van der Waals surface area contributed by atoms with Crippen LogP contribution in [0.1, 0.15) is 66.7 Å². The molecule has 0 saturated heterocycles. The lowest BCUT2D eigenvalue weighted by Gasteiger charge is -2.60. The summed E-state index contributed by atoms with van der Waals surface area (Å²) < 4.78 is 5.59. The molecule has 3 heteroatoms.